The van der Waals surface area contributed by atoms with E-state index in [-0.39, 0.29) is 31.3 Å². The normalized spacial score (nSPS) is 23.3. The van der Waals surface area contributed by atoms with Gasteiger partial charge in [-0.15, -0.1) is 6.58 Å². The summed E-state index contributed by atoms with van der Waals surface area (Å²) in [4.78, 5) is 16.6. The maximum Gasteiger partial charge on any atom is 0.229 e. The molecule has 2 nitrogen and oxygen atoms in total. The predicted octanol–water partition coefficient (Wildman–Crippen LogP) is 9.73. The topological polar surface area (TPSA) is 20.3 Å². The Morgan fingerprint density at radius 2 is 1.69 bits per heavy atom. The van der Waals surface area contributed by atoms with Crippen molar-refractivity contribution in [3.8, 4) is 0 Å². The fourth-order valence-electron chi connectivity index (χ4n) is 5.55. The molecule has 4 atom stereocenters. The van der Waals surface area contributed by atoms with E-state index in [9.17, 15) is 4.79 Å². The zero-order valence-corrected chi connectivity index (χ0v) is 22.7. The zero-order valence-electron chi connectivity index (χ0n) is 21.2. The van der Waals surface area contributed by atoms with Crippen LogP contribution in [0, 0.1) is 17.3 Å². The second-order valence-corrected chi connectivity index (χ2v) is 11.8. The Morgan fingerprint density at radius 3 is 2.23 bits per heavy atom. The summed E-state index contributed by atoms with van der Waals surface area (Å²) >= 11 is 12.7. The van der Waals surface area contributed by atoms with Crippen molar-refractivity contribution in [3.63, 3.8) is 0 Å². The fourth-order valence-corrected chi connectivity index (χ4v) is 5.87. The van der Waals surface area contributed by atoms with Crippen LogP contribution in [0.1, 0.15) is 90.8 Å². The lowest BCUT2D eigenvalue weighted by Gasteiger charge is -2.53. The molecule has 0 aromatic heterocycles. The summed E-state index contributed by atoms with van der Waals surface area (Å²) in [6, 6.07) is 16.2. The van der Waals surface area contributed by atoms with E-state index in [0.29, 0.717) is 23.3 Å². The fraction of sp³-hybridized carbons (Fsp3) is 0.516. The van der Waals surface area contributed by atoms with Gasteiger partial charge in [-0.3, -0.25) is 4.79 Å². The van der Waals surface area contributed by atoms with E-state index in [1.807, 2.05) is 30.3 Å². The van der Waals surface area contributed by atoms with Gasteiger partial charge < -0.3 is 4.90 Å². The molecule has 1 aliphatic heterocycles. The summed E-state index contributed by atoms with van der Waals surface area (Å²) in [5, 5.41) is 1.43. The highest BCUT2D eigenvalue weighted by Gasteiger charge is 2.51. The first-order valence-electron chi connectivity index (χ1n) is 12.5. The second-order valence-electron chi connectivity index (χ2n) is 10.9. The van der Waals surface area contributed by atoms with Gasteiger partial charge >= 0.3 is 0 Å². The molecule has 2 aromatic rings. The SMILES string of the molecule is C.C=CC[C@@]1(C)C[C@H](c2cccc(Cl)c2)[C@@H](c2ccc(Cl)cc2)N([C@H](CCC(C)C)C(C)C)C1=O. The van der Waals surface area contributed by atoms with Gasteiger partial charge in [0.25, 0.3) is 0 Å². The highest BCUT2D eigenvalue weighted by molar-refractivity contribution is 6.30. The molecule has 0 aliphatic carbocycles. The minimum Gasteiger partial charge on any atom is -0.331 e. The standard InChI is InChI=1S/C30H39Cl2NO.CH4/c1-7-17-30(6)19-26(23-9-8-10-25(32)18-23)28(22-12-14-24(31)15-13-22)33(29(30)34)27(21(4)5)16-11-20(2)3;/h7-10,12-15,18,20-21,26-28H,1,11,16-17,19H2,2-6H3;1H4/t26-,27-,28-,30+;/m1./s1. The van der Waals surface area contributed by atoms with Crippen LogP contribution in [0.25, 0.3) is 0 Å². The Labute approximate surface area is 223 Å². The first-order valence-corrected chi connectivity index (χ1v) is 13.3. The monoisotopic (exact) mass is 515 g/mol. The second kappa shape index (κ2) is 12.5. The van der Waals surface area contributed by atoms with Crippen LogP contribution in [0.3, 0.4) is 0 Å². The van der Waals surface area contributed by atoms with E-state index < -0.39 is 5.41 Å². The van der Waals surface area contributed by atoms with Gasteiger partial charge in [0.05, 0.1) is 11.5 Å². The molecule has 1 aliphatic rings. The minimum absolute atomic E-state index is 0. The molecule has 1 fully saturated rings. The summed E-state index contributed by atoms with van der Waals surface area (Å²) in [7, 11) is 0. The minimum atomic E-state index is -0.511. The molecule has 0 N–H and O–H groups in total. The number of nitrogens with zero attached hydrogens (tertiary/aromatic N) is 1. The number of amides is 1. The molecule has 4 heteroatoms. The van der Waals surface area contributed by atoms with Crippen LogP contribution in [-0.4, -0.2) is 16.8 Å². The smallest absolute Gasteiger partial charge is 0.229 e. The average Bonchev–Trinajstić information content (AvgIpc) is 2.77. The Balaban J connectivity index is 0.00000432. The van der Waals surface area contributed by atoms with Crippen molar-refractivity contribution in [1.82, 2.24) is 4.90 Å². The van der Waals surface area contributed by atoms with Crippen molar-refractivity contribution in [1.29, 1.82) is 0 Å². The van der Waals surface area contributed by atoms with E-state index in [1.165, 1.54) is 5.56 Å². The number of hydrogen-bond acceptors (Lipinski definition) is 1. The summed E-state index contributed by atoms with van der Waals surface area (Å²) < 4.78 is 0. The zero-order chi connectivity index (χ0) is 25.0. The van der Waals surface area contributed by atoms with E-state index in [1.54, 1.807) is 0 Å². The van der Waals surface area contributed by atoms with Gasteiger partial charge in [0, 0.05) is 22.0 Å². The molecule has 3 rings (SSSR count). The number of rotatable bonds is 9. The van der Waals surface area contributed by atoms with Gasteiger partial charge in [-0.25, -0.2) is 0 Å². The van der Waals surface area contributed by atoms with Crippen molar-refractivity contribution >= 4 is 29.1 Å². The molecule has 0 unspecified atom stereocenters. The van der Waals surface area contributed by atoms with Crippen LogP contribution in [0.4, 0.5) is 0 Å². The molecular weight excluding hydrogens is 473 g/mol. The lowest BCUT2D eigenvalue weighted by atomic mass is 9.66. The number of carbonyl (C=O) groups is 1. The molecule has 35 heavy (non-hydrogen) atoms. The third-order valence-corrected chi connectivity index (χ3v) is 7.84. The number of piperidine rings is 1. The van der Waals surface area contributed by atoms with Crippen molar-refractivity contribution < 1.29 is 4.79 Å². The van der Waals surface area contributed by atoms with Gasteiger partial charge in [-0.1, -0.05) is 95.6 Å². The summed E-state index contributed by atoms with van der Waals surface area (Å²) in [5.41, 5.74) is 1.79. The first-order chi connectivity index (χ1) is 16.1. The molecule has 192 valence electrons. The van der Waals surface area contributed by atoms with Crippen LogP contribution in [0.2, 0.25) is 10.0 Å². The van der Waals surface area contributed by atoms with E-state index in [0.717, 1.165) is 29.8 Å². The van der Waals surface area contributed by atoms with Gasteiger partial charge in [0.2, 0.25) is 5.91 Å². The average molecular weight is 517 g/mol. The Hall–Kier alpha value is -1.77. The molecular formula is C31H43Cl2NO. The Kier molecular flexibility index (Phi) is 10.5. The van der Waals surface area contributed by atoms with Gasteiger partial charge in [0.15, 0.2) is 0 Å². The van der Waals surface area contributed by atoms with Crippen molar-refractivity contribution in [3.05, 3.63) is 82.4 Å². The lowest BCUT2D eigenvalue weighted by Crippen LogP contribution is -2.56. The number of benzene rings is 2. The molecule has 0 saturated carbocycles. The maximum absolute atomic E-state index is 14.3. The van der Waals surface area contributed by atoms with Crippen molar-refractivity contribution in [2.45, 2.75) is 85.7 Å². The lowest BCUT2D eigenvalue weighted by molar-refractivity contribution is -0.156. The van der Waals surface area contributed by atoms with Gasteiger partial charge in [-0.2, -0.15) is 0 Å². The summed E-state index contributed by atoms with van der Waals surface area (Å²) in [6.45, 7) is 15.1. The Bertz CT molecular complexity index is 984. The van der Waals surface area contributed by atoms with Crippen LogP contribution < -0.4 is 0 Å². The van der Waals surface area contributed by atoms with E-state index in [4.69, 9.17) is 23.2 Å². The number of carbonyl (C=O) groups excluding carboxylic acids is 1. The third-order valence-electron chi connectivity index (χ3n) is 7.35. The summed E-state index contributed by atoms with van der Waals surface area (Å²) in [6.07, 6.45) is 5.36. The maximum atomic E-state index is 14.3. The predicted molar refractivity (Wildman–Crippen MR) is 152 cm³/mol. The highest BCUT2D eigenvalue weighted by Crippen LogP contribution is 2.53. The van der Waals surface area contributed by atoms with Crippen LogP contribution in [-0.2, 0) is 4.79 Å². The quantitative estimate of drug-likeness (QED) is 0.304. The number of hydrogen-bond donors (Lipinski definition) is 0. The van der Waals surface area contributed by atoms with Crippen LogP contribution >= 0.6 is 23.2 Å². The molecule has 0 radical (unpaired) electrons. The van der Waals surface area contributed by atoms with Crippen LogP contribution in [0.5, 0.6) is 0 Å². The van der Waals surface area contributed by atoms with Crippen LogP contribution in [0.15, 0.2) is 61.2 Å². The number of halogens is 2. The molecule has 0 spiro atoms. The van der Waals surface area contributed by atoms with E-state index in [2.05, 4.69) is 70.4 Å². The highest BCUT2D eigenvalue weighted by atomic mass is 35.5. The van der Waals surface area contributed by atoms with Crippen molar-refractivity contribution in [2.24, 2.45) is 17.3 Å². The third kappa shape index (κ3) is 6.71. The van der Waals surface area contributed by atoms with Crippen molar-refractivity contribution in [2.75, 3.05) is 0 Å². The summed E-state index contributed by atoms with van der Waals surface area (Å²) in [5.74, 6) is 1.26. The molecule has 1 heterocycles. The largest absolute Gasteiger partial charge is 0.331 e. The van der Waals surface area contributed by atoms with Gasteiger partial charge in [-0.05, 0) is 72.9 Å². The molecule has 2 aromatic carbocycles. The molecule has 1 saturated heterocycles. The molecule has 1 amide bonds. The molecule has 0 bridgehead atoms. The Morgan fingerprint density at radius 1 is 1.03 bits per heavy atom. The van der Waals surface area contributed by atoms with E-state index >= 15 is 0 Å². The first kappa shape index (κ1) is 29.5. The van der Waals surface area contributed by atoms with Gasteiger partial charge in [0.1, 0.15) is 0 Å². The number of allylic oxidation sites excluding steroid dienone is 1. The number of likely N-dealkylation sites (tertiary alicyclic amines) is 1.